The molecule has 0 bridgehead atoms. The summed E-state index contributed by atoms with van der Waals surface area (Å²) >= 11 is 0. The average Bonchev–Trinajstić information content (AvgIpc) is 3.21. The Morgan fingerprint density at radius 2 is 1.81 bits per heavy atom. The van der Waals surface area contributed by atoms with Crippen molar-refractivity contribution in [1.29, 1.82) is 0 Å². The van der Waals surface area contributed by atoms with Crippen LogP contribution in [0.4, 0.5) is 10.6 Å². The van der Waals surface area contributed by atoms with Crippen LogP contribution in [0.2, 0.25) is 0 Å². The fourth-order valence-corrected chi connectivity index (χ4v) is 3.84. The number of rotatable bonds is 5. The fraction of sp³-hybridized carbons (Fsp3) is 0.250. The molecule has 164 valence electrons. The lowest BCUT2D eigenvalue weighted by atomic mass is 9.96. The number of carboxylic acid groups (broad SMARTS) is 1. The van der Waals surface area contributed by atoms with Crippen molar-refractivity contribution in [2.45, 2.75) is 27.3 Å². The maximum Gasteiger partial charge on any atom is 0.412 e. The zero-order valence-electron chi connectivity index (χ0n) is 18.4. The molecule has 0 radical (unpaired) electrons. The number of aryl methyl sites for hydroxylation is 1. The van der Waals surface area contributed by atoms with Gasteiger partial charge in [0, 0.05) is 37.0 Å². The van der Waals surface area contributed by atoms with Gasteiger partial charge in [0.05, 0.1) is 0 Å². The van der Waals surface area contributed by atoms with Gasteiger partial charge in [0.1, 0.15) is 5.82 Å². The molecule has 0 atom stereocenters. The Bertz CT molecular complexity index is 1360. The van der Waals surface area contributed by atoms with Crippen LogP contribution in [0.15, 0.2) is 57.7 Å². The van der Waals surface area contributed by atoms with Crippen LogP contribution in [0.3, 0.4) is 0 Å². The SMILES string of the molecule is Cc1nnc(-c2ccc3c(=O)n(CC(C)C)c(N(C)C(=O)O)c(-c4ccccc4)c3c2)o1. The van der Waals surface area contributed by atoms with Gasteiger partial charge in [0.25, 0.3) is 5.56 Å². The van der Waals surface area contributed by atoms with Gasteiger partial charge in [-0.05, 0) is 35.1 Å². The number of aromatic nitrogens is 3. The van der Waals surface area contributed by atoms with Crippen molar-refractivity contribution < 1.29 is 14.3 Å². The van der Waals surface area contributed by atoms with Crippen LogP contribution >= 0.6 is 0 Å². The van der Waals surface area contributed by atoms with Crippen molar-refractivity contribution in [3.05, 3.63) is 64.8 Å². The molecule has 1 N–H and O–H groups in total. The van der Waals surface area contributed by atoms with Crippen LogP contribution in [0, 0.1) is 12.8 Å². The third-order valence-electron chi connectivity index (χ3n) is 5.23. The van der Waals surface area contributed by atoms with Crippen LogP contribution in [0.1, 0.15) is 19.7 Å². The molecular formula is C24H24N4O4. The zero-order chi connectivity index (χ0) is 23.0. The Kier molecular flexibility index (Phi) is 5.52. The second-order valence-electron chi connectivity index (χ2n) is 8.10. The minimum Gasteiger partial charge on any atom is -0.465 e. The van der Waals surface area contributed by atoms with Gasteiger partial charge in [-0.25, -0.2) is 4.79 Å². The number of nitrogens with zero attached hydrogens (tertiary/aromatic N) is 4. The van der Waals surface area contributed by atoms with Gasteiger partial charge in [-0.3, -0.25) is 14.3 Å². The van der Waals surface area contributed by atoms with Gasteiger partial charge < -0.3 is 9.52 Å². The molecule has 32 heavy (non-hydrogen) atoms. The minimum absolute atomic E-state index is 0.135. The normalized spacial score (nSPS) is 11.3. The number of anilines is 1. The lowest BCUT2D eigenvalue weighted by Gasteiger charge is -2.26. The van der Waals surface area contributed by atoms with E-state index in [4.69, 9.17) is 4.42 Å². The summed E-state index contributed by atoms with van der Waals surface area (Å²) in [5.74, 6) is 1.23. The molecule has 1 amide bonds. The monoisotopic (exact) mass is 432 g/mol. The quantitative estimate of drug-likeness (QED) is 0.486. The molecule has 0 aliphatic carbocycles. The first-order valence-electron chi connectivity index (χ1n) is 10.3. The maximum atomic E-state index is 13.5. The molecular weight excluding hydrogens is 408 g/mol. The van der Waals surface area contributed by atoms with E-state index in [0.29, 0.717) is 46.0 Å². The van der Waals surface area contributed by atoms with Gasteiger partial charge in [-0.1, -0.05) is 44.2 Å². The number of amides is 1. The van der Waals surface area contributed by atoms with Crippen molar-refractivity contribution in [2.75, 3.05) is 11.9 Å². The molecule has 0 fully saturated rings. The van der Waals surface area contributed by atoms with Crippen LogP contribution in [-0.4, -0.2) is 33.0 Å². The molecule has 0 aliphatic heterocycles. The highest BCUT2D eigenvalue weighted by atomic mass is 16.4. The third-order valence-corrected chi connectivity index (χ3v) is 5.23. The molecule has 8 nitrogen and oxygen atoms in total. The van der Waals surface area contributed by atoms with E-state index >= 15 is 0 Å². The van der Waals surface area contributed by atoms with Crippen LogP contribution < -0.4 is 10.5 Å². The first-order chi connectivity index (χ1) is 15.3. The lowest BCUT2D eigenvalue weighted by Crippen LogP contribution is -2.34. The van der Waals surface area contributed by atoms with Crippen molar-refractivity contribution in [1.82, 2.24) is 14.8 Å². The lowest BCUT2D eigenvalue weighted by molar-refractivity contribution is 0.203. The molecule has 0 unspecified atom stereocenters. The molecule has 2 aromatic carbocycles. The van der Waals surface area contributed by atoms with E-state index in [-0.39, 0.29) is 11.5 Å². The van der Waals surface area contributed by atoms with E-state index in [0.717, 1.165) is 10.5 Å². The van der Waals surface area contributed by atoms with Crippen molar-refractivity contribution in [2.24, 2.45) is 5.92 Å². The average molecular weight is 432 g/mol. The van der Waals surface area contributed by atoms with Gasteiger partial charge in [-0.15, -0.1) is 10.2 Å². The van der Waals surface area contributed by atoms with Gasteiger partial charge in [-0.2, -0.15) is 0 Å². The second-order valence-corrected chi connectivity index (χ2v) is 8.10. The first kappa shape index (κ1) is 21.3. The predicted molar refractivity (Wildman–Crippen MR) is 123 cm³/mol. The summed E-state index contributed by atoms with van der Waals surface area (Å²) in [6, 6.07) is 14.8. The van der Waals surface area contributed by atoms with Crippen LogP contribution in [0.25, 0.3) is 33.4 Å². The first-order valence-corrected chi connectivity index (χ1v) is 10.3. The van der Waals surface area contributed by atoms with E-state index in [1.807, 2.05) is 50.2 Å². The number of hydrogen-bond acceptors (Lipinski definition) is 5. The fourth-order valence-electron chi connectivity index (χ4n) is 3.84. The molecule has 0 saturated carbocycles. The summed E-state index contributed by atoms with van der Waals surface area (Å²) in [6.45, 7) is 6.07. The van der Waals surface area contributed by atoms with E-state index in [2.05, 4.69) is 10.2 Å². The van der Waals surface area contributed by atoms with Crippen molar-refractivity contribution in [3.63, 3.8) is 0 Å². The third kappa shape index (κ3) is 3.75. The summed E-state index contributed by atoms with van der Waals surface area (Å²) in [4.78, 5) is 26.7. The highest BCUT2D eigenvalue weighted by Crippen LogP contribution is 2.37. The summed E-state index contributed by atoms with van der Waals surface area (Å²) < 4.78 is 7.13. The molecule has 8 heteroatoms. The van der Waals surface area contributed by atoms with Crippen LogP contribution in [-0.2, 0) is 6.54 Å². The Balaban J connectivity index is 2.16. The van der Waals surface area contributed by atoms with E-state index < -0.39 is 6.09 Å². The molecule has 0 aliphatic rings. The second kappa shape index (κ2) is 8.30. The van der Waals surface area contributed by atoms with Crippen LogP contribution in [0.5, 0.6) is 0 Å². The van der Waals surface area contributed by atoms with Gasteiger partial charge in [0.2, 0.25) is 11.8 Å². The van der Waals surface area contributed by atoms with Gasteiger partial charge >= 0.3 is 6.09 Å². The molecule has 2 heterocycles. The molecule has 0 spiro atoms. The standard InChI is InChI=1S/C24H24N4O4/c1-14(2)13-28-22(27(4)24(30)31)20(16-8-6-5-7-9-16)19-12-17(10-11-18(19)23(28)29)21-26-25-15(3)32-21/h5-12,14H,13H2,1-4H3,(H,30,31). The molecule has 4 aromatic rings. The molecule has 4 rings (SSSR count). The summed E-state index contributed by atoms with van der Waals surface area (Å²) in [6.07, 6.45) is -1.15. The van der Waals surface area contributed by atoms with Crippen molar-refractivity contribution in [3.8, 4) is 22.6 Å². The topological polar surface area (TPSA) is 101 Å². The minimum atomic E-state index is -1.15. The zero-order valence-corrected chi connectivity index (χ0v) is 18.4. The predicted octanol–water partition coefficient (Wildman–Crippen LogP) is 4.80. The number of hydrogen-bond donors (Lipinski definition) is 1. The number of carbonyl (C=O) groups is 1. The summed E-state index contributed by atoms with van der Waals surface area (Å²) in [5, 5.41) is 18.9. The van der Waals surface area contributed by atoms with Crippen molar-refractivity contribution >= 4 is 22.7 Å². The number of pyridine rings is 1. The number of fused-ring (bicyclic) bond motifs is 1. The highest BCUT2D eigenvalue weighted by molar-refractivity contribution is 6.05. The Labute approximate surface area is 184 Å². The smallest absolute Gasteiger partial charge is 0.412 e. The maximum absolute atomic E-state index is 13.5. The van der Waals surface area contributed by atoms with E-state index in [9.17, 15) is 14.7 Å². The molecule has 0 saturated heterocycles. The Morgan fingerprint density at radius 1 is 1.09 bits per heavy atom. The summed E-state index contributed by atoms with van der Waals surface area (Å²) in [5.41, 5.74) is 1.87. The Hall–Kier alpha value is -3.94. The summed E-state index contributed by atoms with van der Waals surface area (Å²) in [7, 11) is 1.46. The number of benzene rings is 2. The van der Waals surface area contributed by atoms with Gasteiger partial charge in [0.15, 0.2) is 0 Å². The largest absolute Gasteiger partial charge is 0.465 e. The Morgan fingerprint density at radius 3 is 2.41 bits per heavy atom. The highest BCUT2D eigenvalue weighted by Gasteiger charge is 2.25. The molecule has 2 aromatic heterocycles. The van der Waals surface area contributed by atoms with E-state index in [1.165, 1.54) is 7.05 Å². The van der Waals surface area contributed by atoms with E-state index in [1.54, 1.807) is 23.6 Å².